The molecule has 0 bridgehead atoms. The van der Waals surface area contributed by atoms with Crippen LogP contribution in [-0.4, -0.2) is 18.0 Å². The predicted molar refractivity (Wildman–Crippen MR) is 88.8 cm³/mol. The zero-order chi connectivity index (χ0) is 18.6. The molecule has 0 unspecified atom stereocenters. The third-order valence-electron chi connectivity index (χ3n) is 3.52. The Hall–Kier alpha value is -3.09. The molecule has 2 amide bonds. The van der Waals surface area contributed by atoms with Crippen molar-refractivity contribution in [1.82, 2.24) is 0 Å². The standard InChI is InChI=1S/C18H15F3N2O2/c1-11-13(17(22)25)8-5-9-15(11)23-16(24)10-14(18(19,20)21)12-6-3-2-4-7-12/h2-10H,1H3,(H2,22,25)(H,23,24)/b14-10+. The molecule has 130 valence electrons. The Bertz CT molecular complexity index is 828. The Morgan fingerprint density at radius 3 is 2.24 bits per heavy atom. The molecule has 0 radical (unpaired) electrons. The summed E-state index contributed by atoms with van der Waals surface area (Å²) in [5.74, 6) is -1.65. The summed E-state index contributed by atoms with van der Waals surface area (Å²) in [6.45, 7) is 1.54. The predicted octanol–water partition coefficient (Wildman–Crippen LogP) is 3.68. The normalized spacial score (nSPS) is 11.9. The molecule has 0 fully saturated rings. The fourth-order valence-corrected chi connectivity index (χ4v) is 2.28. The van der Waals surface area contributed by atoms with Crippen molar-refractivity contribution >= 4 is 23.1 Å². The fraction of sp³-hybridized carbons (Fsp3) is 0.111. The second kappa shape index (κ2) is 7.21. The van der Waals surface area contributed by atoms with Crippen molar-refractivity contribution < 1.29 is 22.8 Å². The first-order valence-corrected chi connectivity index (χ1v) is 7.25. The molecule has 0 heterocycles. The van der Waals surface area contributed by atoms with Crippen molar-refractivity contribution in [1.29, 1.82) is 0 Å². The van der Waals surface area contributed by atoms with Crippen molar-refractivity contribution in [3.63, 3.8) is 0 Å². The molecule has 2 rings (SSSR count). The molecular formula is C18H15F3N2O2. The van der Waals surface area contributed by atoms with Gasteiger partial charge in [0.1, 0.15) is 0 Å². The van der Waals surface area contributed by atoms with E-state index in [2.05, 4.69) is 5.32 Å². The smallest absolute Gasteiger partial charge is 0.366 e. The maximum absolute atomic E-state index is 13.2. The second-order valence-corrected chi connectivity index (χ2v) is 5.25. The van der Waals surface area contributed by atoms with E-state index in [9.17, 15) is 22.8 Å². The number of hydrogen-bond donors (Lipinski definition) is 2. The molecule has 0 saturated heterocycles. The largest absolute Gasteiger partial charge is 0.417 e. The molecule has 2 aromatic carbocycles. The van der Waals surface area contributed by atoms with E-state index in [0.717, 1.165) is 0 Å². The molecule has 0 aliphatic rings. The molecule has 0 aliphatic carbocycles. The van der Waals surface area contributed by atoms with Gasteiger partial charge < -0.3 is 11.1 Å². The molecule has 7 heteroatoms. The average molecular weight is 348 g/mol. The van der Waals surface area contributed by atoms with Crippen molar-refractivity contribution in [3.8, 4) is 0 Å². The summed E-state index contributed by atoms with van der Waals surface area (Å²) in [5.41, 5.74) is 4.81. The van der Waals surface area contributed by atoms with Crippen LogP contribution < -0.4 is 11.1 Å². The van der Waals surface area contributed by atoms with Gasteiger partial charge in [0.15, 0.2) is 0 Å². The van der Waals surface area contributed by atoms with Crippen LogP contribution in [0.15, 0.2) is 54.6 Å². The number of nitrogens with two attached hydrogens (primary N) is 1. The lowest BCUT2D eigenvalue weighted by molar-refractivity contribution is -0.112. The minimum absolute atomic E-state index is 0.118. The van der Waals surface area contributed by atoms with Crippen LogP contribution in [0, 0.1) is 6.92 Å². The summed E-state index contributed by atoms with van der Waals surface area (Å²) >= 11 is 0. The topological polar surface area (TPSA) is 72.2 Å². The van der Waals surface area contributed by atoms with Gasteiger partial charge in [-0.05, 0) is 30.2 Å². The zero-order valence-electron chi connectivity index (χ0n) is 13.2. The van der Waals surface area contributed by atoms with Gasteiger partial charge in [-0.3, -0.25) is 9.59 Å². The highest BCUT2D eigenvalue weighted by Gasteiger charge is 2.35. The molecule has 3 N–H and O–H groups in total. The zero-order valence-corrected chi connectivity index (χ0v) is 13.2. The van der Waals surface area contributed by atoms with Gasteiger partial charge in [-0.25, -0.2) is 0 Å². The first kappa shape index (κ1) is 18.3. The number of halogens is 3. The maximum atomic E-state index is 13.2. The first-order valence-electron chi connectivity index (χ1n) is 7.25. The van der Waals surface area contributed by atoms with Crippen LogP contribution in [0.3, 0.4) is 0 Å². The number of alkyl halides is 3. The lowest BCUT2D eigenvalue weighted by Crippen LogP contribution is -2.18. The quantitative estimate of drug-likeness (QED) is 0.828. The van der Waals surface area contributed by atoms with Crippen molar-refractivity contribution in [2.75, 3.05) is 5.32 Å². The summed E-state index contributed by atoms with van der Waals surface area (Å²) < 4.78 is 39.7. The SMILES string of the molecule is Cc1c(NC(=O)/C=C(\c2ccccc2)C(F)(F)F)cccc1C(N)=O. The summed E-state index contributed by atoms with van der Waals surface area (Å²) in [7, 11) is 0. The monoisotopic (exact) mass is 348 g/mol. The van der Waals surface area contributed by atoms with Crippen molar-refractivity contribution in [2.24, 2.45) is 5.73 Å². The van der Waals surface area contributed by atoms with E-state index < -0.39 is 23.6 Å². The average Bonchev–Trinajstić information content (AvgIpc) is 2.54. The van der Waals surface area contributed by atoms with Crippen LogP contribution in [0.25, 0.3) is 5.57 Å². The third-order valence-corrected chi connectivity index (χ3v) is 3.52. The Labute approximate surface area is 142 Å². The molecule has 0 spiro atoms. The van der Waals surface area contributed by atoms with E-state index in [1.165, 1.54) is 42.5 Å². The van der Waals surface area contributed by atoms with Gasteiger partial charge in [0, 0.05) is 17.3 Å². The van der Waals surface area contributed by atoms with Crippen LogP contribution in [0.5, 0.6) is 0 Å². The van der Waals surface area contributed by atoms with Crippen LogP contribution in [-0.2, 0) is 4.79 Å². The number of primary amides is 1. The number of carbonyl (C=O) groups is 2. The number of carbonyl (C=O) groups excluding carboxylic acids is 2. The third kappa shape index (κ3) is 4.47. The lowest BCUT2D eigenvalue weighted by Gasteiger charge is -2.13. The fourth-order valence-electron chi connectivity index (χ4n) is 2.28. The molecule has 0 saturated carbocycles. The second-order valence-electron chi connectivity index (χ2n) is 5.25. The Balaban J connectivity index is 2.35. The van der Waals surface area contributed by atoms with Gasteiger partial charge in [-0.1, -0.05) is 36.4 Å². The summed E-state index contributed by atoms with van der Waals surface area (Å²) in [6.07, 6.45) is -4.20. The van der Waals surface area contributed by atoms with E-state index in [4.69, 9.17) is 5.73 Å². The number of amides is 2. The Morgan fingerprint density at radius 2 is 1.68 bits per heavy atom. The minimum Gasteiger partial charge on any atom is -0.366 e. The van der Waals surface area contributed by atoms with Crippen LogP contribution in [0.4, 0.5) is 18.9 Å². The van der Waals surface area contributed by atoms with E-state index in [1.54, 1.807) is 13.0 Å². The highest BCUT2D eigenvalue weighted by Crippen LogP contribution is 2.33. The summed E-state index contributed by atoms with van der Waals surface area (Å²) in [4.78, 5) is 23.4. The number of nitrogens with one attached hydrogen (secondary N) is 1. The van der Waals surface area contributed by atoms with Gasteiger partial charge in [0.05, 0.1) is 5.57 Å². The lowest BCUT2D eigenvalue weighted by atomic mass is 10.0. The number of benzene rings is 2. The molecule has 0 aliphatic heterocycles. The first-order chi connectivity index (χ1) is 11.7. The molecule has 0 aromatic heterocycles. The number of allylic oxidation sites excluding steroid dienone is 1. The number of rotatable bonds is 4. The van der Waals surface area contributed by atoms with Crippen LogP contribution in [0.1, 0.15) is 21.5 Å². The van der Waals surface area contributed by atoms with Gasteiger partial charge >= 0.3 is 6.18 Å². The molecular weight excluding hydrogens is 333 g/mol. The Kier molecular flexibility index (Phi) is 5.26. The van der Waals surface area contributed by atoms with E-state index in [-0.39, 0.29) is 16.8 Å². The molecule has 0 atom stereocenters. The summed E-state index contributed by atoms with van der Waals surface area (Å²) in [5, 5.41) is 2.35. The van der Waals surface area contributed by atoms with Crippen LogP contribution >= 0.6 is 0 Å². The van der Waals surface area contributed by atoms with Gasteiger partial charge in [0.2, 0.25) is 11.8 Å². The summed E-state index contributed by atoms with van der Waals surface area (Å²) in [6, 6.07) is 11.4. The minimum atomic E-state index is -4.69. The van der Waals surface area contributed by atoms with Gasteiger partial charge in [-0.2, -0.15) is 13.2 Å². The van der Waals surface area contributed by atoms with E-state index >= 15 is 0 Å². The maximum Gasteiger partial charge on any atom is 0.417 e. The van der Waals surface area contributed by atoms with Crippen LogP contribution in [0.2, 0.25) is 0 Å². The molecule has 2 aromatic rings. The van der Waals surface area contributed by atoms with E-state index in [0.29, 0.717) is 11.6 Å². The van der Waals surface area contributed by atoms with Gasteiger partial charge in [0.25, 0.3) is 0 Å². The molecule has 4 nitrogen and oxygen atoms in total. The Morgan fingerprint density at radius 1 is 1.04 bits per heavy atom. The highest BCUT2D eigenvalue weighted by molar-refractivity contribution is 6.06. The van der Waals surface area contributed by atoms with Crippen molar-refractivity contribution in [3.05, 3.63) is 71.3 Å². The molecule has 25 heavy (non-hydrogen) atoms. The van der Waals surface area contributed by atoms with Crippen molar-refractivity contribution in [2.45, 2.75) is 13.1 Å². The highest BCUT2D eigenvalue weighted by atomic mass is 19.4. The van der Waals surface area contributed by atoms with Gasteiger partial charge in [-0.15, -0.1) is 0 Å². The number of anilines is 1. The number of hydrogen-bond acceptors (Lipinski definition) is 2. The van der Waals surface area contributed by atoms with E-state index in [1.807, 2.05) is 0 Å².